The van der Waals surface area contributed by atoms with Crippen LogP contribution >= 0.6 is 34.5 Å². The standard InChI is InChI=1S/C19H11Cl2NO2S/c20-12-8-6-11(7-9-12)14-16(23)15-13(10-4-2-1-3-5-10)17(21)25-19(15)22-18(14)24/h1-9H,(H2,22,23,24). The van der Waals surface area contributed by atoms with E-state index in [0.717, 1.165) is 5.56 Å². The first-order chi connectivity index (χ1) is 12.1. The van der Waals surface area contributed by atoms with Gasteiger partial charge in [0.05, 0.1) is 10.9 Å². The van der Waals surface area contributed by atoms with Gasteiger partial charge < -0.3 is 10.1 Å². The molecule has 0 saturated carbocycles. The molecular weight excluding hydrogens is 377 g/mol. The van der Waals surface area contributed by atoms with Crippen LogP contribution in [0.25, 0.3) is 32.5 Å². The average molecular weight is 388 g/mol. The number of fused-ring (bicyclic) bond motifs is 1. The summed E-state index contributed by atoms with van der Waals surface area (Å²) in [5.41, 5.74) is 2.02. The first kappa shape index (κ1) is 16.2. The van der Waals surface area contributed by atoms with E-state index >= 15 is 0 Å². The molecule has 2 heterocycles. The molecule has 2 N–H and O–H groups in total. The summed E-state index contributed by atoms with van der Waals surface area (Å²) < 4.78 is 0.514. The lowest BCUT2D eigenvalue weighted by Crippen LogP contribution is -2.08. The van der Waals surface area contributed by atoms with Gasteiger partial charge in [-0.2, -0.15) is 0 Å². The summed E-state index contributed by atoms with van der Waals surface area (Å²) in [6, 6.07) is 16.3. The molecule has 2 aromatic heterocycles. The summed E-state index contributed by atoms with van der Waals surface area (Å²) in [5.74, 6) is -0.0805. The Bertz CT molecular complexity index is 1130. The van der Waals surface area contributed by atoms with Gasteiger partial charge in [-0.15, -0.1) is 11.3 Å². The fourth-order valence-corrected chi connectivity index (χ4v) is 4.37. The van der Waals surface area contributed by atoms with E-state index in [1.54, 1.807) is 24.3 Å². The van der Waals surface area contributed by atoms with E-state index in [1.807, 2.05) is 30.3 Å². The molecule has 0 atom stereocenters. The van der Waals surface area contributed by atoms with Crippen LogP contribution in [0.4, 0.5) is 0 Å². The molecule has 0 unspecified atom stereocenters. The molecule has 0 aliphatic heterocycles. The Balaban J connectivity index is 2.07. The average Bonchev–Trinajstić information content (AvgIpc) is 2.93. The Morgan fingerprint density at radius 2 is 1.52 bits per heavy atom. The molecule has 3 nitrogen and oxygen atoms in total. The highest BCUT2D eigenvalue weighted by Gasteiger charge is 2.21. The summed E-state index contributed by atoms with van der Waals surface area (Å²) in [5, 5.41) is 12.0. The van der Waals surface area contributed by atoms with Crippen LogP contribution in [-0.4, -0.2) is 10.1 Å². The fraction of sp³-hybridized carbons (Fsp3) is 0. The number of hydrogen-bond acceptors (Lipinski definition) is 3. The molecular formula is C19H11Cl2NO2S. The first-order valence-electron chi connectivity index (χ1n) is 7.45. The van der Waals surface area contributed by atoms with Crippen molar-refractivity contribution >= 4 is 44.8 Å². The van der Waals surface area contributed by atoms with Crippen LogP contribution in [0, 0.1) is 0 Å². The minimum Gasteiger partial charge on any atom is -0.506 e. The van der Waals surface area contributed by atoms with Crippen molar-refractivity contribution in [1.29, 1.82) is 0 Å². The Kier molecular flexibility index (Phi) is 4.04. The van der Waals surface area contributed by atoms with Gasteiger partial charge in [0.15, 0.2) is 0 Å². The van der Waals surface area contributed by atoms with Crippen molar-refractivity contribution in [3.63, 3.8) is 0 Å². The topological polar surface area (TPSA) is 53.1 Å². The van der Waals surface area contributed by atoms with Crippen LogP contribution in [0.15, 0.2) is 59.4 Å². The van der Waals surface area contributed by atoms with E-state index in [4.69, 9.17) is 23.2 Å². The molecule has 0 aliphatic carbocycles. The third-order valence-electron chi connectivity index (χ3n) is 3.99. The molecule has 0 fully saturated rings. The zero-order valence-electron chi connectivity index (χ0n) is 12.7. The molecule has 0 amide bonds. The van der Waals surface area contributed by atoms with Crippen molar-refractivity contribution in [3.8, 4) is 28.0 Å². The first-order valence-corrected chi connectivity index (χ1v) is 9.02. The summed E-state index contributed by atoms with van der Waals surface area (Å²) in [6.07, 6.45) is 0. The molecule has 2 aromatic carbocycles. The zero-order valence-corrected chi connectivity index (χ0v) is 15.0. The number of rotatable bonds is 2. The third kappa shape index (κ3) is 2.72. The number of H-pyrrole nitrogens is 1. The van der Waals surface area contributed by atoms with Crippen molar-refractivity contribution in [2.24, 2.45) is 0 Å². The minimum absolute atomic E-state index is 0.0805. The van der Waals surface area contributed by atoms with Crippen LogP contribution < -0.4 is 5.56 Å². The maximum Gasteiger partial charge on any atom is 0.260 e. The number of nitrogens with one attached hydrogen (secondary N) is 1. The van der Waals surface area contributed by atoms with E-state index in [-0.39, 0.29) is 16.9 Å². The van der Waals surface area contributed by atoms with Crippen LogP contribution in [0.5, 0.6) is 5.75 Å². The van der Waals surface area contributed by atoms with Crippen LogP contribution in [0.2, 0.25) is 9.36 Å². The summed E-state index contributed by atoms with van der Waals surface area (Å²) >= 11 is 13.6. The van der Waals surface area contributed by atoms with Gasteiger partial charge >= 0.3 is 0 Å². The zero-order chi connectivity index (χ0) is 17.6. The van der Waals surface area contributed by atoms with Crippen LogP contribution in [-0.2, 0) is 0 Å². The predicted octanol–water partition coefficient (Wildman–Crippen LogP) is 5.94. The van der Waals surface area contributed by atoms with Gasteiger partial charge in [0, 0.05) is 10.6 Å². The number of halogens is 2. The van der Waals surface area contributed by atoms with Gasteiger partial charge in [0.1, 0.15) is 14.9 Å². The number of thiophene rings is 1. The van der Waals surface area contributed by atoms with Gasteiger partial charge in [-0.3, -0.25) is 4.79 Å². The molecule has 0 radical (unpaired) electrons. The molecule has 4 rings (SSSR count). The summed E-state index contributed by atoms with van der Waals surface area (Å²) in [6.45, 7) is 0. The third-order valence-corrected chi connectivity index (χ3v) is 5.55. The minimum atomic E-state index is -0.371. The molecule has 4 aromatic rings. The maximum atomic E-state index is 12.5. The quantitative estimate of drug-likeness (QED) is 0.447. The SMILES string of the molecule is O=c1[nH]c2sc(Cl)c(-c3ccccc3)c2c(O)c1-c1ccc(Cl)cc1. The largest absolute Gasteiger partial charge is 0.506 e. The van der Waals surface area contributed by atoms with Crippen LogP contribution in [0.3, 0.4) is 0 Å². The highest BCUT2D eigenvalue weighted by atomic mass is 35.5. The summed E-state index contributed by atoms with van der Waals surface area (Å²) in [4.78, 5) is 15.9. The van der Waals surface area contributed by atoms with Gasteiger partial charge in [0.2, 0.25) is 0 Å². The van der Waals surface area contributed by atoms with Gasteiger partial charge in [-0.05, 0) is 23.3 Å². The number of aromatic hydroxyl groups is 1. The Hall–Kier alpha value is -2.27. The van der Waals surface area contributed by atoms with E-state index in [1.165, 1.54) is 11.3 Å². The monoisotopic (exact) mass is 387 g/mol. The predicted molar refractivity (Wildman–Crippen MR) is 105 cm³/mol. The molecule has 0 bridgehead atoms. The maximum absolute atomic E-state index is 12.5. The second-order valence-electron chi connectivity index (χ2n) is 5.51. The van der Waals surface area contributed by atoms with E-state index in [9.17, 15) is 9.90 Å². The second-order valence-corrected chi connectivity index (χ2v) is 7.56. The van der Waals surface area contributed by atoms with Crippen LogP contribution in [0.1, 0.15) is 0 Å². The van der Waals surface area contributed by atoms with E-state index in [2.05, 4.69) is 4.98 Å². The van der Waals surface area contributed by atoms with Crippen molar-refractivity contribution in [2.45, 2.75) is 0 Å². The molecule has 0 aliphatic rings. The molecule has 0 saturated heterocycles. The van der Waals surface area contributed by atoms with E-state index in [0.29, 0.717) is 30.7 Å². The molecule has 6 heteroatoms. The number of pyridine rings is 1. The van der Waals surface area contributed by atoms with Gasteiger partial charge in [-0.25, -0.2) is 0 Å². The lowest BCUT2D eigenvalue weighted by Gasteiger charge is -2.08. The van der Waals surface area contributed by atoms with Crippen molar-refractivity contribution in [3.05, 3.63) is 74.3 Å². The number of hydrogen-bond donors (Lipinski definition) is 2. The highest BCUT2D eigenvalue weighted by Crippen LogP contribution is 2.46. The smallest absolute Gasteiger partial charge is 0.260 e. The summed E-state index contributed by atoms with van der Waals surface area (Å²) in [7, 11) is 0. The number of aromatic nitrogens is 1. The second kappa shape index (κ2) is 6.23. The number of aromatic amines is 1. The van der Waals surface area contributed by atoms with Crippen molar-refractivity contribution < 1.29 is 5.11 Å². The van der Waals surface area contributed by atoms with Gasteiger partial charge in [-0.1, -0.05) is 65.7 Å². The Morgan fingerprint density at radius 1 is 0.880 bits per heavy atom. The molecule has 0 spiro atoms. The fourth-order valence-electron chi connectivity index (χ4n) is 2.86. The Labute approximate surface area is 157 Å². The Morgan fingerprint density at radius 3 is 2.20 bits per heavy atom. The molecule has 124 valence electrons. The molecule has 25 heavy (non-hydrogen) atoms. The number of benzene rings is 2. The highest BCUT2D eigenvalue weighted by molar-refractivity contribution is 7.23. The lowest BCUT2D eigenvalue weighted by molar-refractivity contribution is 0.483. The normalized spacial score (nSPS) is 11.1. The lowest BCUT2D eigenvalue weighted by atomic mass is 10.0. The van der Waals surface area contributed by atoms with Crippen molar-refractivity contribution in [2.75, 3.05) is 0 Å². The van der Waals surface area contributed by atoms with Gasteiger partial charge in [0.25, 0.3) is 5.56 Å². The van der Waals surface area contributed by atoms with Crippen molar-refractivity contribution in [1.82, 2.24) is 4.98 Å². The van der Waals surface area contributed by atoms with E-state index < -0.39 is 0 Å².